The summed E-state index contributed by atoms with van der Waals surface area (Å²) in [5.41, 5.74) is -0.214. The van der Waals surface area contributed by atoms with E-state index in [0.29, 0.717) is 37.7 Å². The first-order valence-corrected chi connectivity index (χ1v) is 8.40. The molecule has 1 N–H and O–H groups in total. The molecular formula is C18H26N2O4. The van der Waals surface area contributed by atoms with Crippen molar-refractivity contribution in [3.05, 3.63) is 24.3 Å². The van der Waals surface area contributed by atoms with E-state index in [1.54, 1.807) is 18.7 Å². The molecule has 1 aromatic rings. The van der Waals surface area contributed by atoms with Crippen LogP contribution in [0.15, 0.2) is 24.3 Å². The van der Waals surface area contributed by atoms with Gasteiger partial charge < -0.3 is 19.7 Å². The zero-order valence-corrected chi connectivity index (χ0v) is 14.6. The highest BCUT2D eigenvalue weighted by Crippen LogP contribution is 2.37. The fourth-order valence-corrected chi connectivity index (χ4v) is 2.59. The summed E-state index contributed by atoms with van der Waals surface area (Å²) in [6.45, 7) is 7.66. The average Bonchev–Trinajstić information content (AvgIpc) is 2.55. The van der Waals surface area contributed by atoms with Gasteiger partial charge in [0.15, 0.2) is 5.60 Å². The minimum atomic E-state index is -0.928. The van der Waals surface area contributed by atoms with Crippen LogP contribution < -0.4 is 15.0 Å². The third-order valence-corrected chi connectivity index (χ3v) is 3.84. The molecule has 0 saturated carbocycles. The summed E-state index contributed by atoms with van der Waals surface area (Å²) in [5.74, 6) is 0.464. The Morgan fingerprint density at radius 3 is 2.83 bits per heavy atom. The molecule has 0 bridgehead atoms. The topological polar surface area (TPSA) is 67.9 Å². The van der Waals surface area contributed by atoms with Crippen molar-refractivity contribution in [1.29, 1.82) is 0 Å². The minimum absolute atomic E-state index is 0.0684. The largest absolute Gasteiger partial charge is 0.476 e. The fourth-order valence-electron chi connectivity index (χ4n) is 2.59. The second kappa shape index (κ2) is 8.15. The van der Waals surface area contributed by atoms with Crippen molar-refractivity contribution >= 4 is 17.5 Å². The lowest BCUT2D eigenvalue weighted by atomic mass is 10.0. The van der Waals surface area contributed by atoms with Crippen LogP contribution in [-0.2, 0) is 14.3 Å². The smallest absolute Gasteiger partial charge is 0.270 e. The summed E-state index contributed by atoms with van der Waals surface area (Å²) < 4.78 is 11.0. The zero-order valence-electron chi connectivity index (χ0n) is 14.6. The van der Waals surface area contributed by atoms with Crippen molar-refractivity contribution in [3.8, 4) is 5.75 Å². The Kier molecular flexibility index (Phi) is 6.20. The predicted molar refractivity (Wildman–Crippen MR) is 92.2 cm³/mol. The summed E-state index contributed by atoms with van der Waals surface area (Å²) >= 11 is 0. The van der Waals surface area contributed by atoms with Crippen LogP contribution in [-0.4, -0.2) is 43.7 Å². The summed E-state index contributed by atoms with van der Waals surface area (Å²) in [4.78, 5) is 26.2. The lowest BCUT2D eigenvalue weighted by Crippen LogP contribution is -2.53. The first kappa shape index (κ1) is 18.3. The van der Waals surface area contributed by atoms with Gasteiger partial charge in [-0.25, -0.2) is 0 Å². The van der Waals surface area contributed by atoms with Crippen LogP contribution in [0.25, 0.3) is 0 Å². The summed E-state index contributed by atoms with van der Waals surface area (Å²) in [7, 11) is 0. The molecular weight excluding hydrogens is 308 g/mol. The number of hydrogen-bond donors (Lipinski definition) is 1. The van der Waals surface area contributed by atoms with Gasteiger partial charge >= 0.3 is 0 Å². The molecule has 24 heavy (non-hydrogen) atoms. The summed E-state index contributed by atoms with van der Waals surface area (Å²) in [6.07, 6.45) is 1.04. The minimum Gasteiger partial charge on any atom is -0.476 e. The van der Waals surface area contributed by atoms with Gasteiger partial charge in [0.05, 0.1) is 5.69 Å². The van der Waals surface area contributed by atoms with E-state index in [9.17, 15) is 9.59 Å². The fraction of sp³-hybridized carbons (Fsp3) is 0.556. The molecule has 2 rings (SSSR count). The molecule has 132 valence electrons. The number of nitrogens with one attached hydrogen (secondary N) is 1. The molecule has 0 unspecified atom stereocenters. The second-order valence-electron chi connectivity index (χ2n) is 6.19. The Bertz CT molecular complexity index is 586. The first-order valence-electron chi connectivity index (χ1n) is 8.40. The molecule has 0 atom stereocenters. The third kappa shape index (κ3) is 4.47. The number of anilines is 1. The number of ether oxygens (including phenoxy) is 2. The molecule has 0 aliphatic carbocycles. The lowest BCUT2D eigenvalue weighted by molar-refractivity contribution is -0.132. The lowest BCUT2D eigenvalue weighted by Gasteiger charge is -2.38. The van der Waals surface area contributed by atoms with Crippen molar-refractivity contribution < 1.29 is 19.1 Å². The van der Waals surface area contributed by atoms with E-state index in [2.05, 4.69) is 5.32 Å². The quantitative estimate of drug-likeness (QED) is 0.740. The van der Waals surface area contributed by atoms with E-state index >= 15 is 0 Å². The normalized spacial score (nSPS) is 15.6. The molecule has 1 aromatic carbocycles. The second-order valence-corrected chi connectivity index (χ2v) is 6.19. The Morgan fingerprint density at radius 1 is 1.33 bits per heavy atom. The molecule has 0 radical (unpaired) electrons. The summed E-state index contributed by atoms with van der Waals surface area (Å²) in [5, 5.41) is 2.85. The van der Waals surface area contributed by atoms with Crippen molar-refractivity contribution in [2.45, 2.75) is 39.2 Å². The zero-order chi connectivity index (χ0) is 17.6. The van der Waals surface area contributed by atoms with Gasteiger partial charge in [-0.05, 0) is 39.3 Å². The van der Waals surface area contributed by atoms with Gasteiger partial charge in [0.25, 0.3) is 5.91 Å². The van der Waals surface area contributed by atoms with Crippen LogP contribution in [0.3, 0.4) is 0 Å². The number of rotatable bonds is 8. The van der Waals surface area contributed by atoms with Crippen LogP contribution in [0.1, 0.15) is 33.6 Å². The van der Waals surface area contributed by atoms with Gasteiger partial charge in [-0.2, -0.15) is 0 Å². The highest BCUT2D eigenvalue weighted by Gasteiger charge is 2.40. The number of carbonyl (C=O) groups excluding carboxylic acids is 2. The van der Waals surface area contributed by atoms with E-state index in [0.717, 1.165) is 6.42 Å². The van der Waals surface area contributed by atoms with Crippen molar-refractivity contribution in [2.24, 2.45) is 0 Å². The Morgan fingerprint density at radius 2 is 2.08 bits per heavy atom. The maximum absolute atomic E-state index is 12.6. The molecule has 0 fully saturated rings. The van der Waals surface area contributed by atoms with E-state index < -0.39 is 5.60 Å². The van der Waals surface area contributed by atoms with E-state index in [1.807, 2.05) is 31.2 Å². The van der Waals surface area contributed by atoms with Crippen LogP contribution in [0.5, 0.6) is 5.75 Å². The van der Waals surface area contributed by atoms with E-state index in [1.165, 1.54) is 0 Å². The SMILES string of the molecule is CCOCCCNC(=O)CCN1C(=O)C(C)(C)Oc2ccccc21. The third-order valence-electron chi connectivity index (χ3n) is 3.84. The molecule has 0 saturated heterocycles. The van der Waals surface area contributed by atoms with Crippen LogP contribution in [0.4, 0.5) is 5.69 Å². The molecule has 6 heteroatoms. The standard InChI is InChI=1S/C18H26N2O4/c1-4-23-13-7-11-19-16(21)10-12-20-14-8-5-6-9-15(14)24-18(2,3)17(20)22/h5-6,8-9H,4,7,10-13H2,1-3H3,(H,19,21). The number of hydrogen-bond acceptors (Lipinski definition) is 4. The molecule has 1 heterocycles. The van der Waals surface area contributed by atoms with Crippen molar-refractivity contribution in [3.63, 3.8) is 0 Å². The van der Waals surface area contributed by atoms with Crippen molar-refractivity contribution in [1.82, 2.24) is 5.32 Å². The Labute approximate surface area is 143 Å². The molecule has 0 spiro atoms. The molecule has 6 nitrogen and oxygen atoms in total. The highest BCUT2D eigenvalue weighted by molar-refractivity contribution is 6.02. The monoisotopic (exact) mass is 334 g/mol. The average molecular weight is 334 g/mol. The molecule has 1 aliphatic heterocycles. The number of benzene rings is 1. The van der Waals surface area contributed by atoms with E-state index in [4.69, 9.17) is 9.47 Å². The van der Waals surface area contributed by atoms with Gasteiger partial charge in [0.1, 0.15) is 5.75 Å². The van der Waals surface area contributed by atoms with Gasteiger partial charge in [0.2, 0.25) is 5.91 Å². The number of amides is 2. The van der Waals surface area contributed by atoms with Gasteiger partial charge in [-0.1, -0.05) is 12.1 Å². The first-order chi connectivity index (χ1) is 11.5. The van der Waals surface area contributed by atoms with Gasteiger partial charge in [-0.3, -0.25) is 9.59 Å². The maximum Gasteiger partial charge on any atom is 0.270 e. The number of carbonyl (C=O) groups is 2. The van der Waals surface area contributed by atoms with E-state index in [-0.39, 0.29) is 18.2 Å². The number of nitrogens with zero attached hydrogens (tertiary/aromatic N) is 1. The van der Waals surface area contributed by atoms with Crippen molar-refractivity contribution in [2.75, 3.05) is 31.2 Å². The molecule has 0 aromatic heterocycles. The van der Waals surface area contributed by atoms with Gasteiger partial charge in [-0.15, -0.1) is 0 Å². The Hall–Kier alpha value is -2.08. The molecule has 1 aliphatic rings. The highest BCUT2D eigenvalue weighted by atomic mass is 16.5. The Balaban J connectivity index is 1.91. The van der Waals surface area contributed by atoms with Crippen LogP contribution in [0, 0.1) is 0 Å². The molecule has 2 amide bonds. The van der Waals surface area contributed by atoms with Crippen LogP contribution in [0.2, 0.25) is 0 Å². The number of fused-ring (bicyclic) bond motifs is 1. The maximum atomic E-state index is 12.6. The predicted octanol–water partition coefficient (Wildman–Crippen LogP) is 2.12. The van der Waals surface area contributed by atoms with Crippen LogP contribution >= 0.6 is 0 Å². The summed E-state index contributed by atoms with van der Waals surface area (Å²) in [6, 6.07) is 7.40. The van der Waals surface area contributed by atoms with Gasteiger partial charge in [0, 0.05) is 32.7 Å². The number of para-hydroxylation sites is 2.